The third-order valence-corrected chi connectivity index (χ3v) is 5.93. The molecule has 8 nitrogen and oxygen atoms in total. The topological polar surface area (TPSA) is 86.1 Å². The van der Waals surface area contributed by atoms with Gasteiger partial charge in [-0.2, -0.15) is 10.1 Å². The fourth-order valence-electron chi connectivity index (χ4n) is 4.03. The van der Waals surface area contributed by atoms with Crippen molar-refractivity contribution in [3.63, 3.8) is 0 Å². The number of aromatic nitrogens is 4. The van der Waals surface area contributed by atoms with Crippen molar-refractivity contribution in [2.24, 2.45) is 0 Å². The molecule has 0 amide bonds. The molecule has 2 aromatic carbocycles. The van der Waals surface area contributed by atoms with Crippen molar-refractivity contribution < 1.29 is 9.47 Å². The van der Waals surface area contributed by atoms with Gasteiger partial charge < -0.3 is 24.7 Å². The molecule has 0 saturated carbocycles. The molecule has 0 spiro atoms. The zero-order valence-electron chi connectivity index (χ0n) is 21.3. The SMILES string of the molecule is COc1ccc(CNc2nc(NCc3ccc(OC)cc3)n(C(C)C)c3c(C(C)C)nnc2-3)cc1. The van der Waals surface area contributed by atoms with E-state index < -0.39 is 0 Å². The Bertz CT molecular complexity index is 1220. The van der Waals surface area contributed by atoms with Gasteiger partial charge in [0.2, 0.25) is 5.95 Å². The van der Waals surface area contributed by atoms with Crippen LogP contribution in [-0.4, -0.2) is 34.0 Å². The van der Waals surface area contributed by atoms with E-state index in [-0.39, 0.29) is 12.0 Å². The van der Waals surface area contributed by atoms with Gasteiger partial charge in [0.1, 0.15) is 11.5 Å². The Hall–Kier alpha value is -3.81. The molecule has 2 heterocycles. The van der Waals surface area contributed by atoms with Gasteiger partial charge in [-0.25, -0.2) is 0 Å². The van der Waals surface area contributed by atoms with E-state index in [0.717, 1.165) is 45.7 Å². The van der Waals surface area contributed by atoms with Gasteiger partial charge in [-0.1, -0.05) is 38.1 Å². The maximum Gasteiger partial charge on any atom is 0.205 e. The Morgan fingerprint density at radius 2 is 1.31 bits per heavy atom. The first-order valence-electron chi connectivity index (χ1n) is 11.9. The first kappa shape index (κ1) is 24.3. The first-order valence-corrected chi connectivity index (χ1v) is 11.9. The predicted molar refractivity (Wildman–Crippen MR) is 140 cm³/mol. The monoisotopic (exact) mass is 474 g/mol. The van der Waals surface area contributed by atoms with Crippen molar-refractivity contribution >= 4 is 11.8 Å². The molecule has 35 heavy (non-hydrogen) atoms. The van der Waals surface area contributed by atoms with Gasteiger partial charge >= 0.3 is 0 Å². The van der Waals surface area contributed by atoms with E-state index in [0.29, 0.717) is 18.9 Å². The highest BCUT2D eigenvalue weighted by Crippen LogP contribution is 2.37. The Morgan fingerprint density at radius 3 is 1.80 bits per heavy atom. The molecule has 2 N–H and O–H groups in total. The van der Waals surface area contributed by atoms with Crippen LogP contribution in [0.3, 0.4) is 0 Å². The maximum atomic E-state index is 5.28. The van der Waals surface area contributed by atoms with Crippen molar-refractivity contribution in [2.75, 3.05) is 24.9 Å². The number of methoxy groups -OCH3 is 2. The molecule has 0 aliphatic carbocycles. The summed E-state index contributed by atoms with van der Waals surface area (Å²) in [5.41, 5.74) is 5.03. The van der Waals surface area contributed by atoms with Crippen molar-refractivity contribution in [2.45, 2.75) is 52.7 Å². The van der Waals surface area contributed by atoms with E-state index in [1.54, 1.807) is 14.2 Å². The second-order valence-corrected chi connectivity index (χ2v) is 9.09. The summed E-state index contributed by atoms with van der Waals surface area (Å²) < 4.78 is 12.8. The maximum absolute atomic E-state index is 5.28. The van der Waals surface area contributed by atoms with Crippen molar-refractivity contribution in [1.82, 2.24) is 19.7 Å². The smallest absolute Gasteiger partial charge is 0.205 e. The standard InChI is InChI=1S/C27H34N6O2/c1-17(2)23-25-24(32-31-23)26(28-15-19-7-11-21(34-5)12-8-19)30-27(33(25)18(3)4)29-16-20-9-13-22(35-6)14-10-20/h7-14,17-18,28H,15-16H2,1-6H3,(H,29,30). The van der Waals surface area contributed by atoms with E-state index in [4.69, 9.17) is 14.5 Å². The summed E-state index contributed by atoms with van der Waals surface area (Å²) in [7, 11) is 3.34. The number of rotatable bonds is 10. The van der Waals surface area contributed by atoms with Gasteiger partial charge in [0, 0.05) is 19.1 Å². The number of fused-ring (bicyclic) bond motifs is 1. The predicted octanol–water partition coefficient (Wildman–Crippen LogP) is 5.72. The fourth-order valence-corrected chi connectivity index (χ4v) is 4.03. The molecule has 8 heteroatoms. The first-order chi connectivity index (χ1) is 16.9. The van der Waals surface area contributed by atoms with Crippen LogP contribution in [0.2, 0.25) is 0 Å². The van der Waals surface area contributed by atoms with Crippen molar-refractivity contribution in [3.8, 4) is 22.9 Å². The molecule has 184 valence electrons. The van der Waals surface area contributed by atoms with Crippen LogP contribution in [0.15, 0.2) is 48.5 Å². The number of nitrogens with zero attached hydrogens (tertiary/aromatic N) is 4. The molecule has 4 rings (SSSR count). The van der Waals surface area contributed by atoms with Gasteiger partial charge in [0.15, 0.2) is 11.5 Å². The minimum atomic E-state index is 0.169. The molecule has 0 aromatic heterocycles. The third-order valence-electron chi connectivity index (χ3n) is 5.93. The van der Waals surface area contributed by atoms with Crippen LogP contribution < -0.4 is 20.1 Å². The van der Waals surface area contributed by atoms with E-state index >= 15 is 0 Å². The molecule has 2 aromatic rings. The van der Waals surface area contributed by atoms with Crippen LogP contribution in [0.1, 0.15) is 56.5 Å². The lowest BCUT2D eigenvalue weighted by Gasteiger charge is -2.24. The lowest BCUT2D eigenvalue weighted by atomic mass is 10.1. The van der Waals surface area contributed by atoms with Crippen LogP contribution in [0, 0.1) is 0 Å². The molecule has 0 fully saturated rings. The number of nitrogens with one attached hydrogen (secondary N) is 2. The number of benzene rings is 2. The van der Waals surface area contributed by atoms with Gasteiger partial charge in [0.25, 0.3) is 0 Å². The Balaban J connectivity index is 1.69. The third kappa shape index (κ3) is 5.31. The zero-order valence-corrected chi connectivity index (χ0v) is 21.3. The van der Waals surface area contributed by atoms with Crippen molar-refractivity contribution in [1.29, 1.82) is 0 Å². The number of ether oxygens (including phenoxy) is 2. The highest BCUT2D eigenvalue weighted by atomic mass is 16.5. The summed E-state index contributed by atoms with van der Waals surface area (Å²) in [6.45, 7) is 9.83. The zero-order chi connectivity index (χ0) is 24.9. The highest BCUT2D eigenvalue weighted by Gasteiger charge is 2.27. The highest BCUT2D eigenvalue weighted by molar-refractivity contribution is 5.74. The van der Waals surface area contributed by atoms with Crippen LogP contribution in [0.25, 0.3) is 11.4 Å². The van der Waals surface area contributed by atoms with Gasteiger partial charge in [-0.15, -0.1) is 5.10 Å². The van der Waals surface area contributed by atoms with Gasteiger partial charge in [-0.05, 0) is 55.2 Å². The average Bonchev–Trinajstić information content (AvgIpc) is 3.31. The largest absolute Gasteiger partial charge is 0.497 e. The lowest BCUT2D eigenvalue weighted by Crippen LogP contribution is -2.19. The Morgan fingerprint density at radius 1 is 0.771 bits per heavy atom. The summed E-state index contributed by atoms with van der Waals surface area (Å²) in [6.07, 6.45) is 0. The second-order valence-electron chi connectivity index (χ2n) is 9.09. The molecule has 0 radical (unpaired) electrons. The minimum Gasteiger partial charge on any atom is -0.497 e. The van der Waals surface area contributed by atoms with E-state index in [1.807, 2.05) is 36.4 Å². The molecule has 0 bridgehead atoms. The van der Waals surface area contributed by atoms with E-state index in [2.05, 4.69) is 65.2 Å². The molecule has 0 atom stereocenters. The molecule has 0 saturated heterocycles. The van der Waals surface area contributed by atoms with Crippen LogP contribution in [0.5, 0.6) is 11.5 Å². The molecule has 2 aliphatic heterocycles. The van der Waals surface area contributed by atoms with E-state index in [9.17, 15) is 0 Å². The molecule has 2 aliphatic rings. The number of hydrogen-bond donors (Lipinski definition) is 2. The quantitative estimate of drug-likeness (QED) is 0.304. The van der Waals surface area contributed by atoms with Crippen LogP contribution in [-0.2, 0) is 13.1 Å². The normalized spacial score (nSPS) is 11.3. The Kier molecular flexibility index (Phi) is 7.39. The van der Waals surface area contributed by atoms with Crippen molar-refractivity contribution in [3.05, 3.63) is 65.4 Å². The van der Waals surface area contributed by atoms with E-state index in [1.165, 1.54) is 0 Å². The number of anilines is 2. The molecule has 0 unspecified atom stereocenters. The van der Waals surface area contributed by atoms with Gasteiger partial charge in [-0.3, -0.25) is 0 Å². The lowest BCUT2D eigenvalue weighted by molar-refractivity contribution is 0.414. The summed E-state index contributed by atoms with van der Waals surface area (Å²) in [5, 5.41) is 16.1. The molecular formula is C27H34N6O2. The Labute approximate surface area is 207 Å². The summed E-state index contributed by atoms with van der Waals surface area (Å²) >= 11 is 0. The second kappa shape index (κ2) is 10.6. The van der Waals surface area contributed by atoms with Crippen LogP contribution in [0.4, 0.5) is 11.8 Å². The summed E-state index contributed by atoms with van der Waals surface area (Å²) in [4.78, 5) is 4.98. The fraction of sp³-hybridized carbons (Fsp3) is 0.370. The van der Waals surface area contributed by atoms with Gasteiger partial charge in [0.05, 0.1) is 25.6 Å². The van der Waals surface area contributed by atoms with Crippen LogP contribution >= 0.6 is 0 Å². The number of hydrogen-bond acceptors (Lipinski definition) is 7. The molecular weight excluding hydrogens is 440 g/mol. The summed E-state index contributed by atoms with van der Waals surface area (Å²) in [6, 6.07) is 16.2. The minimum absolute atomic E-state index is 0.169. The average molecular weight is 475 g/mol. The summed E-state index contributed by atoms with van der Waals surface area (Å²) in [5.74, 6) is 3.39.